The van der Waals surface area contributed by atoms with E-state index in [2.05, 4.69) is 71.8 Å². The van der Waals surface area contributed by atoms with E-state index in [9.17, 15) is 0 Å². The molecular weight excluding hydrogens is 338 g/mol. The van der Waals surface area contributed by atoms with Crippen molar-refractivity contribution >= 4 is 27.2 Å². The number of aryl methyl sites for hydroxylation is 2. The van der Waals surface area contributed by atoms with E-state index in [1.165, 1.54) is 26.7 Å². The number of para-hydroxylation sites is 1. The number of piperazine rings is 1. The second-order valence-corrected chi connectivity index (χ2v) is 8.07. The summed E-state index contributed by atoms with van der Waals surface area (Å²) in [5.74, 6) is 0. The fourth-order valence-electron chi connectivity index (χ4n) is 3.47. The normalized spacial score (nSPS) is 14.8. The maximum absolute atomic E-state index is 4.74. The maximum atomic E-state index is 4.74. The number of rotatable bonds is 5. The third kappa shape index (κ3) is 3.75. The Kier molecular flexibility index (Phi) is 4.93. The fraction of sp³-hybridized carbons (Fsp3) is 0.318. The number of fused-ring (bicyclic) bond motifs is 1. The fourth-order valence-corrected chi connectivity index (χ4v) is 4.44. The number of thiazole rings is 1. The second kappa shape index (κ2) is 7.50. The molecular formula is C22H25N3S. The summed E-state index contributed by atoms with van der Waals surface area (Å²) in [4.78, 5) is 9.65. The Morgan fingerprint density at radius 3 is 2.50 bits per heavy atom. The molecule has 2 aromatic carbocycles. The van der Waals surface area contributed by atoms with Crippen LogP contribution in [0.1, 0.15) is 17.0 Å². The van der Waals surface area contributed by atoms with Gasteiger partial charge >= 0.3 is 0 Å². The van der Waals surface area contributed by atoms with Crippen LogP contribution < -0.4 is 4.90 Å². The molecule has 0 unspecified atom stereocenters. The van der Waals surface area contributed by atoms with Crippen LogP contribution in [0.4, 0.5) is 5.69 Å². The number of allylic oxidation sites excluding steroid dienone is 1. The molecule has 0 saturated carbocycles. The Morgan fingerprint density at radius 1 is 1.04 bits per heavy atom. The minimum atomic E-state index is 0.982. The van der Waals surface area contributed by atoms with Gasteiger partial charge in [-0.2, -0.15) is 0 Å². The van der Waals surface area contributed by atoms with Crippen LogP contribution in [-0.2, 0) is 6.42 Å². The van der Waals surface area contributed by atoms with E-state index in [4.69, 9.17) is 4.98 Å². The molecule has 0 spiro atoms. The molecule has 1 fully saturated rings. The summed E-state index contributed by atoms with van der Waals surface area (Å²) in [6.07, 6.45) is 1.97. The van der Waals surface area contributed by atoms with Crippen molar-refractivity contribution in [2.45, 2.75) is 19.8 Å². The van der Waals surface area contributed by atoms with Gasteiger partial charge in [-0.25, -0.2) is 4.98 Å². The molecule has 0 N–H and O–H groups in total. The van der Waals surface area contributed by atoms with Gasteiger partial charge in [-0.15, -0.1) is 11.3 Å². The summed E-state index contributed by atoms with van der Waals surface area (Å²) in [7, 11) is 0. The molecule has 26 heavy (non-hydrogen) atoms. The van der Waals surface area contributed by atoms with Crippen molar-refractivity contribution in [3.8, 4) is 0 Å². The molecule has 4 heteroatoms. The van der Waals surface area contributed by atoms with Crippen molar-refractivity contribution in [1.29, 1.82) is 0 Å². The van der Waals surface area contributed by atoms with E-state index in [1.54, 1.807) is 11.3 Å². The topological polar surface area (TPSA) is 19.4 Å². The summed E-state index contributed by atoms with van der Waals surface area (Å²) in [6, 6.07) is 17.2. The van der Waals surface area contributed by atoms with Crippen LogP contribution in [0.2, 0.25) is 0 Å². The van der Waals surface area contributed by atoms with Gasteiger partial charge in [-0.3, -0.25) is 0 Å². The lowest BCUT2D eigenvalue weighted by molar-refractivity contribution is 0.312. The van der Waals surface area contributed by atoms with Crippen molar-refractivity contribution in [1.82, 2.24) is 9.88 Å². The van der Waals surface area contributed by atoms with Crippen LogP contribution >= 0.6 is 11.3 Å². The highest BCUT2D eigenvalue weighted by Crippen LogP contribution is 2.24. The standard InChI is InChI=1S/C22H25N3S/c1-17-7-10-19(11-8-17)25-15-13-24(14-16-25)18(2)9-12-22-23-20-5-3-4-6-21(20)26-22/h3-8,10-11H,2,9,12-16H2,1H3. The second-order valence-electron chi connectivity index (χ2n) is 6.95. The van der Waals surface area contributed by atoms with E-state index in [0.717, 1.165) is 44.5 Å². The predicted molar refractivity (Wildman–Crippen MR) is 112 cm³/mol. The quantitative estimate of drug-likeness (QED) is 0.644. The van der Waals surface area contributed by atoms with Gasteiger partial charge in [-0.05, 0) is 37.6 Å². The van der Waals surface area contributed by atoms with Gasteiger partial charge in [-0.1, -0.05) is 36.4 Å². The molecule has 4 rings (SSSR count). The third-order valence-corrected chi connectivity index (χ3v) is 6.19. The highest BCUT2D eigenvalue weighted by Gasteiger charge is 2.18. The van der Waals surface area contributed by atoms with Gasteiger partial charge in [0.2, 0.25) is 0 Å². The Hall–Kier alpha value is -2.33. The highest BCUT2D eigenvalue weighted by atomic mass is 32.1. The van der Waals surface area contributed by atoms with Crippen molar-refractivity contribution in [3.05, 3.63) is 71.4 Å². The molecule has 0 bridgehead atoms. The first-order valence-corrected chi connectivity index (χ1v) is 10.1. The lowest BCUT2D eigenvalue weighted by Gasteiger charge is -2.38. The van der Waals surface area contributed by atoms with Crippen LogP contribution in [-0.4, -0.2) is 36.1 Å². The molecule has 0 radical (unpaired) electrons. The maximum Gasteiger partial charge on any atom is 0.0942 e. The van der Waals surface area contributed by atoms with E-state index >= 15 is 0 Å². The molecule has 1 saturated heterocycles. The largest absolute Gasteiger partial charge is 0.372 e. The molecule has 1 aromatic heterocycles. The molecule has 3 aromatic rings. The summed E-state index contributed by atoms with van der Waals surface area (Å²) in [5, 5.41) is 1.21. The predicted octanol–water partition coefficient (Wildman–Crippen LogP) is 4.87. The molecule has 0 atom stereocenters. The van der Waals surface area contributed by atoms with Crippen LogP contribution in [0, 0.1) is 6.92 Å². The first-order chi connectivity index (χ1) is 12.7. The van der Waals surface area contributed by atoms with Crippen LogP contribution in [0.5, 0.6) is 0 Å². The van der Waals surface area contributed by atoms with E-state index in [-0.39, 0.29) is 0 Å². The molecule has 1 aliphatic rings. The Morgan fingerprint density at radius 2 is 1.77 bits per heavy atom. The van der Waals surface area contributed by atoms with Gasteiger partial charge in [0.15, 0.2) is 0 Å². The molecule has 3 nitrogen and oxygen atoms in total. The van der Waals surface area contributed by atoms with Crippen LogP contribution in [0.3, 0.4) is 0 Å². The Labute approximate surface area is 159 Å². The summed E-state index contributed by atoms with van der Waals surface area (Å²) in [5.41, 5.74) is 5.00. The number of anilines is 1. The smallest absolute Gasteiger partial charge is 0.0942 e. The zero-order chi connectivity index (χ0) is 17.9. The van der Waals surface area contributed by atoms with Crippen molar-refractivity contribution in [3.63, 3.8) is 0 Å². The van der Waals surface area contributed by atoms with Gasteiger partial charge in [0.05, 0.1) is 15.2 Å². The first kappa shape index (κ1) is 17.1. The SMILES string of the molecule is C=C(CCc1nc2ccccc2s1)N1CCN(c2ccc(C)cc2)CC1. The summed E-state index contributed by atoms with van der Waals surface area (Å²) in [6.45, 7) is 10.7. The molecule has 2 heterocycles. The van der Waals surface area contributed by atoms with E-state index < -0.39 is 0 Å². The zero-order valence-electron chi connectivity index (χ0n) is 15.3. The number of aromatic nitrogens is 1. The third-order valence-electron chi connectivity index (χ3n) is 5.09. The van der Waals surface area contributed by atoms with Crippen molar-refractivity contribution < 1.29 is 0 Å². The number of hydrogen-bond acceptors (Lipinski definition) is 4. The van der Waals surface area contributed by atoms with Gasteiger partial charge < -0.3 is 9.80 Å². The Balaban J connectivity index is 1.30. The van der Waals surface area contributed by atoms with Gasteiger partial charge in [0.1, 0.15) is 0 Å². The average molecular weight is 364 g/mol. The van der Waals surface area contributed by atoms with Crippen LogP contribution in [0.25, 0.3) is 10.2 Å². The van der Waals surface area contributed by atoms with Crippen molar-refractivity contribution in [2.24, 2.45) is 0 Å². The first-order valence-electron chi connectivity index (χ1n) is 9.28. The number of hydrogen-bond donors (Lipinski definition) is 0. The molecule has 1 aliphatic heterocycles. The van der Waals surface area contributed by atoms with E-state index in [0.29, 0.717) is 0 Å². The lowest BCUT2D eigenvalue weighted by Crippen LogP contribution is -2.45. The summed E-state index contributed by atoms with van der Waals surface area (Å²) >= 11 is 1.81. The molecule has 0 amide bonds. The average Bonchev–Trinajstić information content (AvgIpc) is 3.10. The zero-order valence-corrected chi connectivity index (χ0v) is 16.1. The molecule has 0 aliphatic carbocycles. The van der Waals surface area contributed by atoms with Crippen molar-refractivity contribution in [2.75, 3.05) is 31.1 Å². The highest BCUT2D eigenvalue weighted by molar-refractivity contribution is 7.18. The van der Waals surface area contributed by atoms with Gasteiger partial charge in [0, 0.05) is 44.0 Å². The lowest BCUT2D eigenvalue weighted by atomic mass is 10.1. The number of nitrogens with zero attached hydrogens (tertiary/aromatic N) is 3. The molecule has 134 valence electrons. The number of benzene rings is 2. The monoisotopic (exact) mass is 363 g/mol. The van der Waals surface area contributed by atoms with Crippen LogP contribution in [0.15, 0.2) is 60.8 Å². The summed E-state index contributed by atoms with van der Waals surface area (Å²) < 4.78 is 1.28. The minimum Gasteiger partial charge on any atom is -0.372 e. The minimum absolute atomic E-state index is 0.982. The van der Waals surface area contributed by atoms with E-state index in [1.807, 2.05) is 0 Å². The Bertz CT molecular complexity index is 856. The van der Waals surface area contributed by atoms with Gasteiger partial charge in [0.25, 0.3) is 0 Å².